The summed E-state index contributed by atoms with van der Waals surface area (Å²) in [6.07, 6.45) is 18.8. The molecule has 3 heteroatoms. The maximum atomic E-state index is 3.65. The molecule has 0 aromatic heterocycles. The van der Waals surface area contributed by atoms with Crippen LogP contribution in [0.3, 0.4) is 0 Å². The number of hydrogen-bond donors (Lipinski definition) is 0. The third-order valence-corrected chi connectivity index (χ3v) is 10.9. The average molecular weight is 636 g/mol. The number of fused-ring (bicyclic) bond motifs is 3. The Labute approximate surface area is 281 Å². The van der Waals surface area contributed by atoms with E-state index in [-0.39, 0.29) is 24.8 Å². The fourth-order valence-corrected chi connectivity index (χ4v) is 8.49. The quantitative estimate of drug-likeness (QED) is 0.204. The van der Waals surface area contributed by atoms with Crippen LogP contribution in [0, 0.1) is 35.8 Å². The Morgan fingerprint density at radius 3 is 1.84 bits per heavy atom. The first kappa shape index (κ1) is 31.9. The van der Waals surface area contributed by atoms with Gasteiger partial charge in [-0.1, -0.05) is 95.6 Å². The molecule has 0 nitrogen and oxygen atoms in total. The van der Waals surface area contributed by atoms with Crippen molar-refractivity contribution in [3.8, 4) is 33.4 Å². The summed E-state index contributed by atoms with van der Waals surface area (Å²) in [5.41, 5.74) is 10.4. The van der Waals surface area contributed by atoms with Gasteiger partial charge in [0.1, 0.15) is 0 Å². The van der Waals surface area contributed by atoms with Crippen molar-refractivity contribution in [2.24, 2.45) is 23.7 Å². The first-order valence-corrected chi connectivity index (χ1v) is 16.1. The Kier molecular flexibility index (Phi) is 10.8. The molecule has 6 aliphatic carbocycles. The number of hydrogen-bond acceptors (Lipinski definition) is 0. The zero-order chi connectivity index (χ0) is 27.6. The molecule has 216 valence electrons. The van der Waals surface area contributed by atoms with E-state index in [1.165, 1.54) is 44.5 Å². The first-order chi connectivity index (χ1) is 20.2. The predicted octanol–water partition coefficient (Wildman–Crippen LogP) is 3.87. The van der Waals surface area contributed by atoms with Gasteiger partial charge < -0.3 is 24.8 Å². The normalized spacial score (nSPS) is 22.7. The van der Waals surface area contributed by atoms with Crippen molar-refractivity contribution in [3.63, 3.8) is 0 Å². The second kappa shape index (κ2) is 14.5. The van der Waals surface area contributed by atoms with Gasteiger partial charge in [-0.25, -0.2) is 12.2 Å². The maximum Gasteiger partial charge on any atom is -0.0181 e. The minimum absolute atomic E-state index is 0. The van der Waals surface area contributed by atoms with Gasteiger partial charge in [0.2, 0.25) is 0 Å². The van der Waals surface area contributed by atoms with Gasteiger partial charge in [-0.3, -0.25) is 6.08 Å². The molecule has 0 unspecified atom stereocenters. The van der Waals surface area contributed by atoms with Crippen LogP contribution in [0.25, 0.3) is 33.4 Å². The molecule has 4 fully saturated rings. The SMILES string of the molecule is [C-]1=CC=CC1.[Cl-].[Cl-].[Ti+2]=[C]1C2CC3CC(C2)CC1C3.[c-]1c(-c2ccccc2)ccc2c1Cc1cc(-c3ccccc3)ccc1-2. The summed E-state index contributed by atoms with van der Waals surface area (Å²) >= 11 is 2.42. The Bertz CT molecular complexity index is 1480. The van der Waals surface area contributed by atoms with Crippen molar-refractivity contribution in [2.45, 2.75) is 44.9 Å². The Hall–Kier alpha value is -2.48. The van der Waals surface area contributed by atoms with E-state index in [0.29, 0.717) is 0 Å². The molecule has 4 saturated carbocycles. The van der Waals surface area contributed by atoms with Crippen LogP contribution in [-0.4, -0.2) is 3.81 Å². The van der Waals surface area contributed by atoms with Gasteiger partial charge in [0.25, 0.3) is 0 Å². The molecular formula is C40H36Cl2Ti-2. The molecule has 43 heavy (non-hydrogen) atoms. The summed E-state index contributed by atoms with van der Waals surface area (Å²) in [7, 11) is 0. The molecule has 4 bridgehead atoms. The molecule has 0 radical (unpaired) electrons. The smallest absolute Gasteiger partial charge is 0.0181 e. The van der Waals surface area contributed by atoms with Crippen LogP contribution < -0.4 is 24.8 Å². The molecule has 10 rings (SSSR count). The van der Waals surface area contributed by atoms with Crippen molar-refractivity contribution in [1.29, 1.82) is 0 Å². The molecule has 6 aliphatic rings. The summed E-state index contributed by atoms with van der Waals surface area (Å²) in [6, 6.07) is 36.0. The monoisotopic (exact) mass is 634 g/mol. The number of benzene rings is 4. The molecule has 4 aromatic carbocycles. The summed E-state index contributed by atoms with van der Waals surface area (Å²) < 4.78 is 1.87. The van der Waals surface area contributed by atoms with Crippen LogP contribution >= 0.6 is 0 Å². The van der Waals surface area contributed by atoms with Gasteiger partial charge in [-0.15, -0.1) is 35.7 Å². The number of halogens is 2. The van der Waals surface area contributed by atoms with Gasteiger partial charge in [0.05, 0.1) is 0 Å². The van der Waals surface area contributed by atoms with Crippen LogP contribution in [0.1, 0.15) is 49.7 Å². The third kappa shape index (κ3) is 7.10. The van der Waals surface area contributed by atoms with Crippen molar-refractivity contribution >= 4 is 3.81 Å². The van der Waals surface area contributed by atoms with E-state index in [2.05, 4.69) is 129 Å². The van der Waals surface area contributed by atoms with E-state index < -0.39 is 0 Å². The van der Waals surface area contributed by atoms with Crippen LogP contribution in [0.5, 0.6) is 0 Å². The van der Waals surface area contributed by atoms with Gasteiger partial charge in [-0.2, -0.15) is 6.08 Å². The summed E-state index contributed by atoms with van der Waals surface area (Å²) in [5, 5.41) is 0. The third-order valence-electron chi connectivity index (χ3n) is 9.59. The molecule has 0 saturated heterocycles. The molecule has 0 amide bonds. The molecule has 0 atom stereocenters. The Morgan fingerprint density at radius 2 is 1.26 bits per heavy atom. The van der Waals surface area contributed by atoms with Crippen LogP contribution in [0.15, 0.2) is 109 Å². The second-order valence-corrected chi connectivity index (χ2v) is 13.2. The minimum atomic E-state index is 0. The van der Waals surface area contributed by atoms with Crippen LogP contribution in [-0.2, 0) is 26.4 Å². The summed E-state index contributed by atoms with van der Waals surface area (Å²) in [5.74, 6) is 4.40. The van der Waals surface area contributed by atoms with E-state index in [1.807, 2.05) is 16.0 Å². The standard InChI is InChI=1S/C25H17.C10H14.C5H5.2ClH.Ti/c1-3-7-18(8-4-1)20-11-13-24-22(15-20)17-23-16-21(12-14-25(23)24)19-9-5-2-6-10-19;1-7-2-9-4-8(1)5-10(3-7)6-9;1-2-4-5-3-1;;;/h1-15H,17H2;7-10H,1-5H2;1-3H,4H2;2*1H;/q-1;;-1;;;+2/p-2. The van der Waals surface area contributed by atoms with E-state index in [1.54, 1.807) is 32.1 Å². The Morgan fingerprint density at radius 1 is 0.628 bits per heavy atom. The molecule has 0 N–H and O–H groups in total. The van der Waals surface area contributed by atoms with E-state index in [9.17, 15) is 0 Å². The topological polar surface area (TPSA) is 0 Å². The number of rotatable bonds is 2. The van der Waals surface area contributed by atoms with Gasteiger partial charge >= 0.3 is 79.6 Å². The average Bonchev–Trinajstić information content (AvgIpc) is 3.72. The summed E-state index contributed by atoms with van der Waals surface area (Å²) in [6.45, 7) is 0. The zero-order valence-corrected chi connectivity index (χ0v) is 27.5. The van der Waals surface area contributed by atoms with E-state index >= 15 is 0 Å². The minimum Gasteiger partial charge on any atom is -0.143 e. The predicted molar refractivity (Wildman–Crippen MR) is 168 cm³/mol. The maximum absolute atomic E-state index is 3.65. The van der Waals surface area contributed by atoms with Crippen molar-refractivity contribution in [3.05, 3.63) is 132 Å². The number of allylic oxidation sites excluding steroid dienone is 4. The van der Waals surface area contributed by atoms with Crippen molar-refractivity contribution in [2.75, 3.05) is 0 Å². The zero-order valence-electron chi connectivity index (χ0n) is 24.4. The fourth-order valence-electron chi connectivity index (χ4n) is 7.75. The van der Waals surface area contributed by atoms with Crippen molar-refractivity contribution < 1.29 is 44.8 Å². The fraction of sp³-hybridized carbons (Fsp3) is 0.275. The van der Waals surface area contributed by atoms with Gasteiger partial charge in [0, 0.05) is 0 Å². The summed E-state index contributed by atoms with van der Waals surface area (Å²) in [4.78, 5) is 0. The van der Waals surface area contributed by atoms with E-state index in [0.717, 1.165) is 36.5 Å². The van der Waals surface area contributed by atoms with Crippen LogP contribution in [0.2, 0.25) is 0 Å². The molecule has 0 spiro atoms. The largest absolute Gasteiger partial charge is 0.143 e. The Balaban J connectivity index is 0.000000168. The molecular weight excluding hydrogens is 599 g/mol. The molecule has 4 aromatic rings. The van der Waals surface area contributed by atoms with Gasteiger partial charge in [0.15, 0.2) is 0 Å². The van der Waals surface area contributed by atoms with Crippen molar-refractivity contribution in [1.82, 2.24) is 0 Å². The molecule has 0 aliphatic heterocycles. The van der Waals surface area contributed by atoms with Crippen LogP contribution in [0.4, 0.5) is 0 Å². The first-order valence-electron chi connectivity index (χ1n) is 15.3. The van der Waals surface area contributed by atoms with E-state index in [4.69, 9.17) is 0 Å². The molecule has 0 heterocycles. The second-order valence-electron chi connectivity index (χ2n) is 12.3. The van der Waals surface area contributed by atoms with Gasteiger partial charge in [-0.05, 0) is 23.1 Å².